The van der Waals surface area contributed by atoms with Crippen LogP contribution >= 0.6 is 35.0 Å². The Hall–Kier alpha value is -3.26. The van der Waals surface area contributed by atoms with Crippen molar-refractivity contribution in [1.29, 1.82) is 0 Å². The number of carbonyl (C=O) groups is 3. The van der Waals surface area contributed by atoms with Gasteiger partial charge in [-0.2, -0.15) is 0 Å². The lowest BCUT2D eigenvalue weighted by Crippen LogP contribution is -2.27. The molecule has 1 N–H and O–H groups in total. The zero-order valence-electron chi connectivity index (χ0n) is 18.6. The van der Waals surface area contributed by atoms with Gasteiger partial charge in [-0.15, -0.1) is 0 Å². The Morgan fingerprint density at radius 3 is 2.63 bits per heavy atom. The number of carbonyl (C=O) groups excluding carboxylic acids is 3. The van der Waals surface area contributed by atoms with Crippen LogP contribution in [-0.4, -0.2) is 28.6 Å². The topological polar surface area (TPSA) is 75.7 Å². The smallest absolute Gasteiger partial charge is 0.293 e. The molecule has 0 bridgehead atoms. The molecule has 178 valence electrons. The highest BCUT2D eigenvalue weighted by atomic mass is 35.5. The summed E-state index contributed by atoms with van der Waals surface area (Å²) >= 11 is 13.0. The third-order valence-electron chi connectivity index (χ3n) is 5.12. The highest BCUT2D eigenvalue weighted by molar-refractivity contribution is 8.18. The standard InChI is InChI=1S/C26H20Cl2N2O4S/c1-16-9-10-20(13-21(16)28)29-24(31)15-34-22-8-3-2-6-18(22)12-23-25(32)30(26(33)35-23)14-17-5-4-7-19(27)11-17/h2-13H,14-15H2,1H3,(H,29,31)/b23-12-. The van der Waals surface area contributed by atoms with E-state index in [0.717, 1.165) is 22.9 Å². The molecule has 0 aromatic heterocycles. The zero-order valence-corrected chi connectivity index (χ0v) is 20.9. The lowest BCUT2D eigenvalue weighted by Gasteiger charge is -2.12. The summed E-state index contributed by atoms with van der Waals surface area (Å²) in [6, 6.07) is 19.2. The monoisotopic (exact) mass is 526 g/mol. The molecule has 6 nitrogen and oxygen atoms in total. The predicted molar refractivity (Wildman–Crippen MR) is 140 cm³/mol. The highest BCUT2D eigenvalue weighted by Crippen LogP contribution is 2.35. The third-order valence-corrected chi connectivity index (χ3v) is 6.67. The van der Waals surface area contributed by atoms with Gasteiger partial charge in [0, 0.05) is 21.3 Å². The number of thioether (sulfide) groups is 1. The second kappa shape index (κ2) is 11.0. The second-order valence-electron chi connectivity index (χ2n) is 7.74. The van der Waals surface area contributed by atoms with Crippen molar-refractivity contribution in [2.75, 3.05) is 11.9 Å². The fraction of sp³-hybridized carbons (Fsp3) is 0.115. The number of nitrogens with one attached hydrogen (secondary N) is 1. The minimum Gasteiger partial charge on any atom is -0.483 e. The van der Waals surface area contributed by atoms with E-state index >= 15 is 0 Å². The van der Waals surface area contributed by atoms with Gasteiger partial charge in [-0.25, -0.2) is 0 Å². The van der Waals surface area contributed by atoms with Crippen LogP contribution in [0.3, 0.4) is 0 Å². The minimum absolute atomic E-state index is 0.129. The van der Waals surface area contributed by atoms with Crippen LogP contribution < -0.4 is 10.1 Å². The van der Waals surface area contributed by atoms with Crippen molar-refractivity contribution in [3.63, 3.8) is 0 Å². The van der Waals surface area contributed by atoms with Gasteiger partial charge in [0.2, 0.25) is 0 Å². The Kier molecular flexibility index (Phi) is 7.80. The van der Waals surface area contributed by atoms with Crippen LogP contribution in [0.15, 0.2) is 71.6 Å². The second-order valence-corrected chi connectivity index (χ2v) is 9.57. The average molecular weight is 527 g/mol. The minimum atomic E-state index is -0.399. The number of halogens is 2. The predicted octanol–water partition coefficient (Wildman–Crippen LogP) is 6.56. The van der Waals surface area contributed by atoms with E-state index in [0.29, 0.717) is 27.0 Å². The number of ether oxygens (including phenoxy) is 1. The molecule has 0 unspecified atom stereocenters. The van der Waals surface area contributed by atoms with Gasteiger partial charge in [-0.1, -0.05) is 59.6 Å². The van der Waals surface area contributed by atoms with Crippen molar-refractivity contribution >= 4 is 63.8 Å². The SMILES string of the molecule is Cc1ccc(NC(=O)COc2ccccc2/C=C2\SC(=O)N(Cc3cccc(Cl)c3)C2=O)cc1Cl. The first-order chi connectivity index (χ1) is 16.8. The molecule has 0 atom stereocenters. The molecule has 1 heterocycles. The maximum Gasteiger partial charge on any atom is 0.293 e. The Morgan fingerprint density at radius 2 is 1.86 bits per heavy atom. The maximum absolute atomic E-state index is 12.9. The van der Waals surface area contributed by atoms with Crippen LogP contribution in [0.25, 0.3) is 6.08 Å². The molecule has 9 heteroatoms. The first-order valence-corrected chi connectivity index (χ1v) is 12.1. The first kappa shape index (κ1) is 24.9. The van der Waals surface area contributed by atoms with Gasteiger partial charge in [0.05, 0.1) is 11.4 Å². The lowest BCUT2D eigenvalue weighted by molar-refractivity contribution is -0.123. The number of benzene rings is 3. The van der Waals surface area contributed by atoms with Crippen LogP contribution in [-0.2, 0) is 16.1 Å². The maximum atomic E-state index is 12.9. The summed E-state index contributed by atoms with van der Waals surface area (Å²) in [6.45, 7) is 1.76. The van der Waals surface area contributed by atoms with Crippen LogP contribution in [0.4, 0.5) is 10.5 Å². The number of anilines is 1. The molecule has 0 radical (unpaired) electrons. The van der Waals surface area contributed by atoms with Gasteiger partial charge in [-0.05, 0) is 66.2 Å². The molecule has 1 aliphatic rings. The Morgan fingerprint density at radius 1 is 1.06 bits per heavy atom. The van der Waals surface area contributed by atoms with E-state index in [1.807, 2.05) is 13.0 Å². The molecule has 0 saturated carbocycles. The van der Waals surface area contributed by atoms with Gasteiger partial charge in [0.1, 0.15) is 5.75 Å². The molecular weight excluding hydrogens is 507 g/mol. The number of rotatable bonds is 7. The van der Waals surface area contributed by atoms with Crippen molar-refractivity contribution in [2.24, 2.45) is 0 Å². The summed E-state index contributed by atoms with van der Waals surface area (Å²) in [5.74, 6) is -0.350. The van der Waals surface area contributed by atoms with Crippen LogP contribution in [0, 0.1) is 6.92 Å². The number of nitrogens with zero attached hydrogens (tertiary/aromatic N) is 1. The van der Waals surface area contributed by atoms with Gasteiger partial charge in [-0.3, -0.25) is 19.3 Å². The number of imide groups is 1. The summed E-state index contributed by atoms with van der Waals surface area (Å²) in [5, 5.41) is 3.46. The fourth-order valence-corrected chi connectivity index (χ4v) is 4.56. The highest BCUT2D eigenvalue weighted by Gasteiger charge is 2.35. The van der Waals surface area contributed by atoms with Crippen LogP contribution in [0.5, 0.6) is 5.75 Å². The third kappa shape index (κ3) is 6.25. The van der Waals surface area contributed by atoms with Gasteiger partial charge in [0.25, 0.3) is 17.1 Å². The van der Waals surface area contributed by atoms with Crippen molar-refractivity contribution in [2.45, 2.75) is 13.5 Å². The number of hydrogen-bond donors (Lipinski definition) is 1. The molecule has 1 aliphatic heterocycles. The number of amides is 3. The summed E-state index contributed by atoms with van der Waals surface area (Å²) in [7, 11) is 0. The van der Waals surface area contributed by atoms with E-state index in [1.54, 1.807) is 66.7 Å². The molecule has 0 spiro atoms. The van der Waals surface area contributed by atoms with Crippen molar-refractivity contribution in [1.82, 2.24) is 4.90 Å². The van der Waals surface area contributed by atoms with Crippen molar-refractivity contribution in [3.05, 3.63) is 98.4 Å². The number of para-hydroxylation sites is 1. The lowest BCUT2D eigenvalue weighted by atomic mass is 10.1. The summed E-state index contributed by atoms with van der Waals surface area (Å²) in [6.07, 6.45) is 1.59. The zero-order chi connectivity index (χ0) is 24.9. The Balaban J connectivity index is 1.44. The molecule has 1 fully saturated rings. The van der Waals surface area contributed by atoms with Crippen LogP contribution in [0.1, 0.15) is 16.7 Å². The van der Waals surface area contributed by atoms with Gasteiger partial charge >= 0.3 is 0 Å². The molecule has 0 aliphatic carbocycles. The quantitative estimate of drug-likeness (QED) is 0.353. The largest absolute Gasteiger partial charge is 0.483 e. The Bertz CT molecular complexity index is 1340. The van der Waals surface area contributed by atoms with E-state index in [1.165, 1.54) is 4.90 Å². The first-order valence-electron chi connectivity index (χ1n) is 10.6. The van der Waals surface area contributed by atoms with E-state index in [2.05, 4.69) is 5.32 Å². The summed E-state index contributed by atoms with van der Waals surface area (Å²) in [4.78, 5) is 39.2. The van der Waals surface area contributed by atoms with Crippen LogP contribution in [0.2, 0.25) is 10.0 Å². The molecule has 35 heavy (non-hydrogen) atoms. The van der Waals surface area contributed by atoms with E-state index in [-0.39, 0.29) is 29.2 Å². The van der Waals surface area contributed by atoms with Crippen molar-refractivity contribution < 1.29 is 19.1 Å². The molecule has 3 amide bonds. The molecule has 3 aromatic rings. The molecule has 4 rings (SSSR count). The summed E-state index contributed by atoms with van der Waals surface area (Å²) < 4.78 is 5.71. The average Bonchev–Trinajstić information content (AvgIpc) is 3.08. The van der Waals surface area contributed by atoms with Gasteiger partial charge < -0.3 is 10.1 Å². The van der Waals surface area contributed by atoms with Crippen molar-refractivity contribution in [3.8, 4) is 5.75 Å². The van der Waals surface area contributed by atoms with E-state index in [4.69, 9.17) is 27.9 Å². The molecular formula is C26H20Cl2N2O4S. The van der Waals surface area contributed by atoms with E-state index < -0.39 is 5.91 Å². The normalized spacial score (nSPS) is 14.5. The van der Waals surface area contributed by atoms with Gasteiger partial charge in [0.15, 0.2) is 6.61 Å². The molecule has 3 aromatic carbocycles. The number of aryl methyl sites for hydroxylation is 1. The van der Waals surface area contributed by atoms with E-state index in [9.17, 15) is 14.4 Å². The Labute approximate surface area is 216 Å². The summed E-state index contributed by atoms with van der Waals surface area (Å²) in [5.41, 5.74) is 2.81. The number of hydrogen-bond acceptors (Lipinski definition) is 5. The fourth-order valence-electron chi connectivity index (χ4n) is 3.34. The molecule has 1 saturated heterocycles.